The van der Waals surface area contributed by atoms with Gasteiger partial charge >= 0.3 is 0 Å². The van der Waals surface area contributed by atoms with E-state index in [0.717, 1.165) is 19.3 Å². The number of nitrogens with zero attached hydrogens (tertiary/aromatic N) is 2. The van der Waals surface area contributed by atoms with Crippen LogP contribution in [0.15, 0.2) is 47.4 Å². The number of para-hydroxylation sites is 2. The lowest BCUT2D eigenvalue weighted by atomic mass is 10.2. The molecule has 1 N–H and O–H groups in total. The van der Waals surface area contributed by atoms with Crippen LogP contribution in [0, 0.1) is 0 Å². The summed E-state index contributed by atoms with van der Waals surface area (Å²) in [7, 11) is -3.76. The van der Waals surface area contributed by atoms with Gasteiger partial charge in [0.05, 0.1) is 23.7 Å². The summed E-state index contributed by atoms with van der Waals surface area (Å²) < 4.78 is 33.1. The summed E-state index contributed by atoms with van der Waals surface area (Å²) in [6.07, 6.45) is 2.77. The smallest absolute Gasteiger partial charge is 0.244 e. The Kier molecular flexibility index (Phi) is 6.68. The van der Waals surface area contributed by atoms with Gasteiger partial charge in [0.1, 0.15) is 17.2 Å². The summed E-state index contributed by atoms with van der Waals surface area (Å²) in [6, 6.07) is 11.4. The van der Waals surface area contributed by atoms with Gasteiger partial charge in [-0.1, -0.05) is 30.2 Å². The predicted molar refractivity (Wildman–Crippen MR) is 122 cm³/mol. The number of rotatable bonds is 5. The molecule has 0 aliphatic carbocycles. The van der Waals surface area contributed by atoms with Crippen molar-refractivity contribution in [3.63, 3.8) is 0 Å². The Morgan fingerprint density at radius 1 is 1.09 bits per heavy atom. The van der Waals surface area contributed by atoms with E-state index in [1.54, 1.807) is 24.3 Å². The molecule has 0 aromatic heterocycles. The first kappa shape index (κ1) is 22.6. The van der Waals surface area contributed by atoms with Gasteiger partial charge in [-0.2, -0.15) is 4.31 Å². The molecule has 0 bridgehead atoms. The average molecular weight is 478 g/mol. The van der Waals surface area contributed by atoms with Crippen molar-refractivity contribution < 1.29 is 22.7 Å². The van der Waals surface area contributed by atoms with Crippen LogP contribution in [0.1, 0.15) is 25.7 Å². The molecule has 0 unspecified atom stereocenters. The number of carbonyl (C=O) groups is 2. The average Bonchev–Trinajstić information content (AvgIpc) is 2.94. The fourth-order valence-electron chi connectivity index (χ4n) is 3.86. The zero-order valence-corrected chi connectivity index (χ0v) is 19.0. The van der Waals surface area contributed by atoms with E-state index >= 15 is 0 Å². The van der Waals surface area contributed by atoms with Crippen molar-refractivity contribution in [1.29, 1.82) is 0 Å². The minimum absolute atomic E-state index is 0.0385. The van der Waals surface area contributed by atoms with Gasteiger partial charge in [0.25, 0.3) is 0 Å². The first-order valence-corrected chi connectivity index (χ1v) is 12.3. The molecular formula is C22H24ClN3O5S. The summed E-state index contributed by atoms with van der Waals surface area (Å²) in [5.74, 6) is -0.152. The third-order valence-electron chi connectivity index (χ3n) is 5.48. The summed E-state index contributed by atoms with van der Waals surface area (Å²) in [5.41, 5.74) is 0.816. The van der Waals surface area contributed by atoms with Gasteiger partial charge in [0, 0.05) is 18.8 Å². The summed E-state index contributed by atoms with van der Waals surface area (Å²) >= 11 is 6.20. The zero-order valence-electron chi connectivity index (χ0n) is 17.4. The van der Waals surface area contributed by atoms with Gasteiger partial charge < -0.3 is 10.1 Å². The van der Waals surface area contributed by atoms with Crippen molar-refractivity contribution in [3.05, 3.63) is 47.5 Å². The van der Waals surface area contributed by atoms with Gasteiger partial charge in [-0.3, -0.25) is 14.5 Å². The standard InChI is InChI=1S/C22H24ClN3O5S/c23-17-9-8-16(14-20(17)32(29,30)25-11-4-1-5-12-25)24-21(27)15-26-18-6-2-3-7-19(18)31-13-10-22(26)28/h2-3,6-9,14H,1,4-5,10-13,15H2,(H,24,27). The molecule has 1 saturated heterocycles. The lowest BCUT2D eigenvalue weighted by Crippen LogP contribution is -2.38. The SMILES string of the molecule is O=C(CN1C(=O)CCOc2ccccc21)Nc1ccc(Cl)c(S(=O)(=O)N2CCCCC2)c1. The molecule has 32 heavy (non-hydrogen) atoms. The highest BCUT2D eigenvalue weighted by Crippen LogP contribution is 2.32. The second-order valence-corrected chi connectivity index (χ2v) is 10.0. The second kappa shape index (κ2) is 9.48. The molecule has 2 amide bonds. The number of piperidine rings is 1. The van der Waals surface area contributed by atoms with E-state index in [-0.39, 0.29) is 35.4 Å². The number of benzene rings is 2. The first-order valence-electron chi connectivity index (χ1n) is 10.5. The van der Waals surface area contributed by atoms with Crippen LogP contribution < -0.4 is 15.0 Å². The molecule has 170 valence electrons. The van der Waals surface area contributed by atoms with Crippen LogP contribution in [0.4, 0.5) is 11.4 Å². The zero-order chi connectivity index (χ0) is 22.7. The van der Waals surface area contributed by atoms with Crippen LogP contribution in [-0.2, 0) is 19.6 Å². The molecular weight excluding hydrogens is 454 g/mol. The first-order chi connectivity index (χ1) is 15.4. The van der Waals surface area contributed by atoms with Crippen molar-refractivity contribution in [3.8, 4) is 5.75 Å². The monoisotopic (exact) mass is 477 g/mol. The summed E-state index contributed by atoms with van der Waals surface area (Å²) in [5, 5.41) is 2.79. The predicted octanol–water partition coefficient (Wildman–Crippen LogP) is 3.27. The molecule has 2 aliphatic rings. The third kappa shape index (κ3) is 4.74. The number of anilines is 2. The van der Waals surface area contributed by atoms with Crippen LogP contribution >= 0.6 is 11.6 Å². The van der Waals surface area contributed by atoms with E-state index in [1.807, 2.05) is 0 Å². The lowest BCUT2D eigenvalue weighted by molar-refractivity contribution is -0.121. The highest BCUT2D eigenvalue weighted by molar-refractivity contribution is 7.89. The van der Waals surface area contributed by atoms with E-state index in [0.29, 0.717) is 30.2 Å². The highest BCUT2D eigenvalue weighted by Gasteiger charge is 2.29. The molecule has 10 heteroatoms. The van der Waals surface area contributed by atoms with Crippen LogP contribution in [-0.4, -0.2) is 50.8 Å². The van der Waals surface area contributed by atoms with E-state index in [2.05, 4.69) is 5.32 Å². The Labute approximate surface area is 192 Å². The fourth-order valence-corrected chi connectivity index (χ4v) is 5.88. The lowest BCUT2D eigenvalue weighted by Gasteiger charge is -2.26. The van der Waals surface area contributed by atoms with Crippen LogP contribution in [0.25, 0.3) is 0 Å². The molecule has 0 spiro atoms. The van der Waals surface area contributed by atoms with Crippen molar-refractivity contribution in [1.82, 2.24) is 4.31 Å². The molecule has 2 aliphatic heterocycles. The third-order valence-corrected chi connectivity index (χ3v) is 7.86. The molecule has 0 atom stereocenters. The molecule has 2 aromatic rings. The maximum absolute atomic E-state index is 13.0. The number of sulfonamides is 1. The minimum Gasteiger partial charge on any atom is -0.491 e. The Hall–Kier alpha value is -2.62. The Balaban J connectivity index is 1.53. The number of halogens is 1. The second-order valence-electron chi connectivity index (χ2n) is 7.70. The fraction of sp³-hybridized carbons (Fsp3) is 0.364. The molecule has 1 fully saturated rings. The molecule has 0 saturated carbocycles. The maximum Gasteiger partial charge on any atom is 0.244 e. The normalized spacial score (nSPS) is 17.3. The van der Waals surface area contributed by atoms with E-state index in [9.17, 15) is 18.0 Å². The van der Waals surface area contributed by atoms with Gasteiger partial charge in [-0.25, -0.2) is 8.42 Å². The molecule has 4 rings (SSSR count). The Morgan fingerprint density at radius 2 is 1.84 bits per heavy atom. The van der Waals surface area contributed by atoms with Crippen molar-refractivity contribution >= 4 is 44.8 Å². The molecule has 2 heterocycles. The van der Waals surface area contributed by atoms with Crippen LogP contribution in [0.5, 0.6) is 5.75 Å². The molecule has 2 aromatic carbocycles. The highest BCUT2D eigenvalue weighted by atomic mass is 35.5. The number of nitrogens with one attached hydrogen (secondary N) is 1. The van der Waals surface area contributed by atoms with E-state index in [1.165, 1.54) is 27.4 Å². The molecule has 0 radical (unpaired) electrons. The summed E-state index contributed by atoms with van der Waals surface area (Å²) in [4.78, 5) is 26.6. The van der Waals surface area contributed by atoms with Gasteiger partial charge in [-0.15, -0.1) is 0 Å². The number of ether oxygens (including phenoxy) is 1. The minimum atomic E-state index is -3.76. The maximum atomic E-state index is 13.0. The molecule has 8 nitrogen and oxygen atoms in total. The summed E-state index contributed by atoms with van der Waals surface area (Å²) in [6.45, 7) is 0.917. The number of hydrogen-bond acceptors (Lipinski definition) is 5. The van der Waals surface area contributed by atoms with Crippen LogP contribution in [0.3, 0.4) is 0 Å². The van der Waals surface area contributed by atoms with Gasteiger partial charge in [0.15, 0.2) is 0 Å². The Bertz CT molecular complexity index is 1130. The van der Waals surface area contributed by atoms with Gasteiger partial charge in [-0.05, 0) is 43.2 Å². The Morgan fingerprint density at radius 3 is 2.62 bits per heavy atom. The van der Waals surface area contributed by atoms with Gasteiger partial charge in [0.2, 0.25) is 21.8 Å². The van der Waals surface area contributed by atoms with Crippen LogP contribution in [0.2, 0.25) is 5.02 Å². The largest absolute Gasteiger partial charge is 0.491 e. The topological polar surface area (TPSA) is 96.0 Å². The number of hydrogen-bond donors (Lipinski definition) is 1. The van der Waals surface area contributed by atoms with Crippen molar-refractivity contribution in [2.45, 2.75) is 30.6 Å². The van der Waals surface area contributed by atoms with E-state index in [4.69, 9.17) is 16.3 Å². The number of fused-ring (bicyclic) bond motifs is 1. The number of carbonyl (C=O) groups excluding carboxylic acids is 2. The quantitative estimate of drug-likeness (QED) is 0.713. The van der Waals surface area contributed by atoms with E-state index < -0.39 is 15.9 Å². The number of amides is 2. The van der Waals surface area contributed by atoms with Crippen molar-refractivity contribution in [2.24, 2.45) is 0 Å². The van der Waals surface area contributed by atoms with Crippen molar-refractivity contribution in [2.75, 3.05) is 36.5 Å².